The highest BCUT2D eigenvalue weighted by atomic mass is 16.2. The van der Waals surface area contributed by atoms with Crippen molar-refractivity contribution in [3.05, 3.63) is 67.9 Å². The van der Waals surface area contributed by atoms with Crippen molar-refractivity contribution in [2.75, 3.05) is 32.1 Å². The number of fused-ring (bicyclic) bond motifs is 1. The van der Waals surface area contributed by atoms with Gasteiger partial charge in [-0.05, 0) is 50.8 Å². The molecule has 1 saturated heterocycles. The minimum absolute atomic E-state index is 0.0466. The van der Waals surface area contributed by atoms with Crippen molar-refractivity contribution in [1.82, 2.24) is 23.6 Å². The Morgan fingerprint density at radius 1 is 1.16 bits per heavy atom. The predicted octanol–water partition coefficient (Wildman–Crippen LogP) is 1.73. The molecule has 1 aromatic carbocycles. The molecule has 1 fully saturated rings. The lowest BCUT2D eigenvalue weighted by Crippen LogP contribution is -2.44. The number of aromatic nitrogens is 4. The molecule has 10 nitrogen and oxygen atoms in total. The van der Waals surface area contributed by atoms with E-state index in [1.807, 2.05) is 30.5 Å². The van der Waals surface area contributed by atoms with Gasteiger partial charge in [0.05, 0.1) is 0 Å². The summed E-state index contributed by atoms with van der Waals surface area (Å²) in [6.07, 6.45) is 4.45. The minimum atomic E-state index is -0.398. The summed E-state index contributed by atoms with van der Waals surface area (Å²) in [5, 5.41) is 0. The van der Waals surface area contributed by atoms with Crippen molar-refractivity contribution in [1.29, 1.82) is 0 Å². The zero-order chi connectivity index (χ0) is 26.9. The fourth-order valence-corrected chi connectivity index (χ4v) is 4.75. The number of benzene rings is 1. The third-order valence-electron chi connectivity index (χ3n) is 6.87. The average Bonchev–Trinajstić information content (AvgIpc) is 3.26. The van der Waals surface area contributed by atoms with Gasteiger partial charge >= 0.3 is 5.69 Å². The predicted molar refractivity (Wildman–Crippen MR) is 146 cm³/mol. The van der Waals surface area contributed by atoms with E-state index in [2.05, 4.69) is 11.0 Å². The van der Waals surface area contributed by atoms with Crippen LogP contribution in [0.25, 0.3) is 11.2 Å². The van der Waals surface area contributed by atoms with Gasteiger partial charge in [0.25, 0.3) is 11.5 Å². The van der Waals surface area contributed by atoms with Gasteiger partial charge in [-0.3, -0.25) is 18.7 Å². The molecular formula is C27H37N7O3. The Morgan fingerprint density at radius 2 is 1.86 bits per heavy atom. The number of hydrogen-bond donors (Lipinski definition) is 1. The maximum Gasteiger partial charge on any atom is 0.332 e. The molecule has 0 aliphatic carbocycles. The number of nitrogens with two attached hydrogens (primary N) is 1. The van der Waals surface area contributed by atoms with Crippen LogP contribution >= 0.6 is 0 Å². The molecule has 3 heterocycles. The largest absolute Gasteiger partial charge is 0.345 e. The summed E-state index contributed by atoms with van der Waals surface area (Å²) < 4.78 is 4.66. The Morgan fingerprint density at radius 3 is 2.49 bits per heavy atom. The molecule has 1 amide bonds. The number of aryl methyl sites for hydroxylation is 2. The van der Waals surface area contributed by atoms with Crippen LogP contribution in [0.1, 0.15) is 42.6 Å². The normalized spacial score (nSPS) is 15.7. The van der Waals surface area contributed by atoms with Crippen LogP contribution in [0.5, 0.6) is 0 Å². The molecule has 4 rings (SSSR count). The first kappa shape index (κ1) is 26.4. The van der Waals surface area contributed by atoms with Gasteiger partial charge in [-0.25, -0.2) is 4.79 Å². The van der Waals surface area contributed by atoms with Gasteiger partial charge in [-0.2, -0.15) is 4.98 Å². The summed E-state index contributed by atoms with van der Waals surface area (Å²) in [5.41, 5.74) is 8.95. The van der Waals surface area contributed by atoms with Crippen molar-refractivity contribution in [3.8, 4) is 0 Å². The smallest absolute Gasteiger partial charge is 0.332 e. The monoisotopic (exact) mass is 507 g/mol. The zero-order valence-corrected chi connectivity index (χ0v) is 22.4. The molecule has 2 N–H and O–H groups in total. The van der Waals surface area contributed by atoms with E-state index in [1.165, 1.54) is 14.0 Å². The van der Waals surface area contributed by atoms with Crippen molar-refractivity contribution in [2.24, 2.45) is 12.8 Å². The SMILES string of the molecule is CC(C)=CCn1c(N2CCCC(N)C2)nc2c1c(=O)n(CCc1ccc(C(=O)N(C)C)cc1)c(=O)n2C. The number of imidazole rings is 1. The van der Waals surface area contributed by atoms with Gasteiger partial charge in [0.15, 0.2) is 11.2 Å². The molecule has 0 spiro atoms. The van der Waals surface area contributed by atoms with Crippen LogP contribution in [0, 0.1) is 0 Å². The van der Waals surface area contributed by atoms with Crippen LogP contribution in [-0.2, 0) is 26.6 Å². The van der Waals surface area contributed by atoms with Gasteiger partial charge in [0.2, 0.25) is 5.95 Å². The lowest BCUT2D eigenvalue weighted by molar-refractivity contribution is 0.0827. The Kier molecular flexibility index (Phi) is 7.68. The zero-order valence-electron chi connectivity index (χ0n) is 22.4. The summed E-state index contributed by atoms with van der Waals surface area (Å²) in [4.78, 5) is 47.6. The summed E-state index contributed by atoms with van der Waals surface area (Å²) in [6, 6.07) is 7.31. The van der Waals surface area contributed by atoms with Crippen LogP contribution in [0.15, 0.2) is 45.5 Å². The van der Waals surface area contributed by atoms with Crippen LogP contribution in [0.2, 0.25) is 0 Å². The first-order valence-corrected chi connectivity index (χ1v) is 12.7. The Labute approximate surface area is 216 Å². The number of allylic oxidation sites excluding steroid dienone is 2. The first-order valence-electron chi connectivity index (χ1n) is 12.7. The summed E-state index contributed by atoms with van der Waals surface area (Å²) in [6.45, 7) is 6.20. The van der Waals surface area contributed by atoms with Crippen molar-refractivity contribution < 1.29 is 4.79 Å². The van der Waals surface area contributed by atoms with E-state index < -0.39 is 5.69 Å². The lowest BCUT2D eigenvalue weighted by atomic mass is 10.1. The Balaban J connectivity index is 1.74. The molecule has 1 atom stereocenters. The second kappa shape index (κ2) is 10.8. The maximum absolute atomic E-state index is 13.7. The Bertz CT molecular complexity index is 1440. The van der Waals surface area contributed by atoms with Crippen LogP contribution in [-0.4, -0.2) is 62.7 Å². The third kappa shape index (κ3) is 5.39. The fraction of sp³-hybridized carbons (Fsp3) is 0.481. The van der Waals surface area contributed by atoms with Crippen LogP contribution < -0.4 is 21.9 Å². The molecule has 1 aliphatic heterocycles. The number of nitrogens with zero attached hydrogens (tertiary/aromatic N) is 6. The van der Waals surface area contributed by atoms with E-state index in [0.717, 1.165) is 30.5 Å². The van der Waals surface area contributed by atoms with Gasteiger partial charge in [0.1, 0.15) is 0 Å². The number of piperidine rings is 1. The Hall–Kier alpha value is -3.66. The minimum Gasteiger partial charge on any atom is -0.345 e. The molecule has 10 heteroatoms. The first-order chi connectivity index (χ1) is 17.6. The molecule has 198 valence electrons. The third-order valence-corrected chi connectivity index (χ3v) is 6.87. The molecule has 2 aromatic heterocycles. The summed E-state index contributed by atoms with van der Waals surface area (Å²) in [5.74, 6) is 0.603. The van der Waals surface area contributed by atoms with Gasteiger partial charge in [-0.15, -0.1) is 0 Å². The lowest BCUT2D eigenvalue weighted by Gasteiger charge is -2.31. The summed E-state index contributed by atoms with van der Waals surface area (Å²) in [7, 11) is 5.08. The van der Waals surface area contributed by atoms with Crippen LogP contribution in [0.3, 0.4) is 0 Å². The number of anilines is 1. The van der Waals surface area contributed by atoms with Crippen molar-refractivity contribution in [3.63, 3.8) is 0 Å². The van der Waals surface area contributed by atoms with E-state index >= 15 is 0 Å². The molecule has 0 bridgehead atoms. The highest BCUT2D eigenvalue weighted by Crippen LogP contribution is 2.23. The average molecular weight is 508 g/mol. The van der Waals surface area contributed by atoms with Gasteiger partial charge in [0, 0.05) is 58.9 Å². The molecule has 0 radical (unpaired) electrons. The quantitative estimate of drug-likeness (QED) is 0.488. The van der Waals surface area contributed by atoms with Gasteiger partial charge in [-0.1, -0.05) is 23.8 Å². The highest BCUT2D eigenvalue weighted by Gasteiger charge is 2.26. The molecule has 3 aromatic rings. The second-order valence-corrected chi connectivity index (χ2v) is 10.3. The van der Waals surface area contributed by atoms with E-state index in [-0.39, 0.29) is 24.1 Å². The highest BCUT2D eigenvalue weighted by molar-refractivity contribution is 5.93. The number of rotatable bonds is 7. The standard InChI is InChI=1S/C27H37N7O3/c1-18(2)12-15-33-22-23(29-26(33)32-14-6-7-21(28)17-32)31(5)27(37)34(25(22)36)16-13-19-8-10-20(11-9-19)24(35)30(3)4/h8-12,21H,6-7,13-17,28H2,1-5H3. The van der Waals surface area contributed by atoms with E-state index in [4.69, 9.17) is 10.7 Å². The molecule has 1 unspecified atom stereocenters. The van der Waals surface area contributed by atoms with E-state index in [1.54, 1.807) is 33.3 Å². The van der Waals surface area contributed by atoms with Crippen LogP contribution in [0.4, 0.5) is 5.95 Å². The number of hydrogen-bond acceptors (Lipinski definition) is 6. The number of carbonyl (C=O) groups is 1. The maximum atomic E-state index is 13.7. The van der Waals surface area contributed by atoms with E-state index in [0.29, 0.717) is 42.2 Å². The molecule has 0 saturated carbocycles. The number of amides is 1. The second-order valence-electron chi connectivity index (χ2n) is 10.3. The van der Waals surface area contributed by atoms with E-state index in [9.17, 15) is 14.4 Å². The molecule has 1 aliphatic rings. The topological polar surface area (TPSA) is 111 Å². The molecule has 37 heavy (non-hydrogen) atoms. The van der Waals surface area contributed by atoms with Crippen molar-refractivity contribution in [2.45, 2.75) is 52.2 Å². The van der Waals surface area contributed by atoms with Crippen molar-refractivity contribution >= 4 is 23.0 Å². The molecular weight excluding hydrogens is 470 g/mol. The summed E-state index contributed by atoms with van der Waals surface area (Å²) >= 11 is 0. The fourth-order valence-electron chi connectivity index (χ4n) is 4.75. The van der Waals surface area contributed by atoms with Gasteiger partial charge < -0.3 is 20.1 Å². The number of carbonyl (C=O) groups excluding carboxylic acids is 1.